The minimum absolute atomic E-state index is 0.0567. The maximum Gasteiger partial charge on any atom is 0.344 e. The molecule has 0 heterocycles. The van der Waals surface area contributed by atoms with Crippen LogP contribution in [0.15, 0.2) is 5.16 Å². The number of fused-ring (bicyclic) bond motifs is 5. The quantitative estimate of drug-likeness (QED) is 0.737. The van der Waals surface area contributed by atoms with E-state index in [9.17, 15) is 14.7 Å². The summed E-state index contributed by atoms with van der Waals surface area (Å²) in [6.07, 6.45) is 6.57. The second-order valence-corrected chi connectivity index (χ2v) is 9.74. The second-order valence-electron chi connectivity index (χ2n) is 9.74. The van der Waals surface area contributed by atoms with E-state index >= 15 is 0 Å². The summed E-state index contributed by atoms with van der Waals surface area (Å²) in [5, 5.41) is 23.8. The minimum atomic E-state index is -1.03. The lowest BCUT2D eigenvalue weighted by Crippen LogP contribution is -2.57. The van der Waals surface area contributed by atoms with Gasteiger partial charge >= 0.3 is 5.97 Å². The third kappa shape index (κ3) is 2.91. The fraction of sp³-hybridized carbons (Fsp3) is 0.857. The molecule has 150 valence electrons. The van der Waals surface area contributed by atoms with Crippen LogP contribution >= 0.6 is 0 Å². The Kier molecular flexibility index (Phi) is 4.60. The van der Waals surface area contributed by atoms with Crippen molar-refractivity contribution in [3.63, 3.8) is 0 Å². The first-order valence-electron chi connectivity index (χ1n) is 10.4. The van der Waals surface area contributed by atoms with E-state index < -0.39 is 12.6 Å². The van der Waals surface area contributed by atoms with E-state index in [4.69, 9.17) is 9.94 Å². The number of carbonyl (C=O) groups is 2. The predicted octanol–water partition coefficient (Wildman–Crippen LogP) is 3.03. The van der Waals surface area contributed by atoms with E-state index in [0.717, 1.165) is 44.2 Å². The molecular weight excluding hydrogens is 346 g/mol. The maximum atomic E-state index is 12.5. The lowest BCUT2D eigenvalue weighted by molar-refractivity contribution is -0.153. The topological polar surface area (TPSA) is 96.2 Å². The second kappa shape index (κ2) is 6.57. The van der Waals surface area contributed by atoms with Crippen molar-refractivity contribution >= 4 is 17.5 Å². The van der Waals surface area contributed by atoms with Gasteiger partial charge in [-0.3, -0.25) is 4.79 Å². The average molecular weight is 377 g/mol. The Bertz CT molecular complexity index is 675. The fourth-order valence-corrected chi connectivity index (χ4v) is 7.13. The fourth-order valence-electron chi connectivity index (χ4n) is 7.13. The number of carbonyl (C=O) groups excluding carboxylic acids is 1. The Morgan fingerprint density at radius 2 is 1.96 bits per heavy atom. The average Bonchev–Trinajstić information content (AvgIpc) is 2.91. The molecule has 0 amide bonds. The van der Waals surface area contributed by atoms with Gasteiger partial charge in [0.25, 0.3) is 0 Å². The van der Waals surface area contributed by atoms with Crippen LogP contribution in [0.1, 0.15) is 65.2 Å². The Hall–Kier alpha value is -1.43. The summed E-state index contributed by atoms with van der Waals surface area (Å²) >= 11 is 0. The van der Waals surface area contributed by atoms with Gasteiger partial charge in [-0.2, -0.15) is 0 Å². The Labute approximate surface area is 160 Å². The van der Waals surface area contributed by atoms with Gasteiger partial charge in [0.2, 0.25) is 6.61 Å². The molecular formula is C21H31NO5. The molecule has 4 fully saturated rings. The largest absolute Gasteiger partial charge is 0.479 e. The van der Waals surface area contributed by atoms with Gasteiger partial charge in [-0.1, -0.05) is 19.0 Å². The number of aliphatic carboxylic acids is 1. The highest BCUT2D eigenvalue weighted by atomic mass is 16.6. The summed E-state index contributed by atoms with van der Waals surface area (Å²) in [6, 6.07) is 0. The Morgan fingerprint density at radius 1 is 1.19 bits per heavy atom. The molecule has 4 unspecified atom stereocenters. The summed E-state index contributed by atoms with van der Waals surface area (Å²) in [5.41, 5.74) is 0.755. The molecule has 6 heteroatoms. The van der Waals surface area contributed by atoms with Gasteiger partial charge < -0.3 is 15.1 Å². The number of hydrogen-bond acceptors (Lipinski definition) is 5. The van der Waals surface area contributed by atoms with Crippen molar-refractivity contribution < 1.29 is 24.6 Å². The monoisotopic (exact) mass is 377 g/mol. The zero-order valence-electron chi connectivity index (χ0n) is 16.3. The first-order chi connectivity index (χ1) is 12.8. The zero-order valence-corrected chi connectivity index (χ0v) is 16.3. The molecule has 0 bridgehead atoms. The van der Waals surface area contributed by atoms with Gasteiger partial charge in [0.05, 0.1) is 11.8 Å². The zero-order chi connectivity index (χ0) is 19.4. The van der Waals surface area contributed by atoms with Crippen LogP contribution in [0.5, 0.6) is 0 Å². The summed E-state index contributed by atoms with van der Waals surface area (Å²) < 4.78 is 0. The number of nitrogens with zero attached hydrogens (tertiary/aromatic N) is 1. The molecule has 0 aromatic carbocycles. The summed E-state index contributed by atoms with van der Waals surface area (Å²) in [5.74, 6) is 0.953. The first-order valence-corrected chi connectivity index (χ1v) is 10.4. The van der Waals surface area contributed by atoms with Crippen molar-refractivity contribution in [3.8, 4) is 0 Å². The molecule has 0 aromatic heterocycles. The molecule has 0 spiro atoms. The molecule has 0 radical (unpaired) electrons. The van der Waals surface area contributed by atoms with Crippen molar-refractivity contribution in [1.29, 1.82) is 0 Å². The van der Waals surface area contributed by atoms with E-state index in [0.29, 0.717) is 36.4 Å². The van der Waals surface area contributed by atoms with Crippen LogP contribution in [0.25, 0.3) is 0 Å². The highest BCUT2D eigenvalue weighted by Gasteiger charge is 2.61. The van der Waals surface area contributed by atoms with Crippen LogP contribution < -0.4 is 0 Å². The maximum absolute atomic E-state index is 12.5. The lowest BCUT2D eigenvalue weighted by Gasteiger charge is -2.60. The van der Waals surface area contributed by atoms with Crippen LogP contribution in [0, 0.1) is 34.5 Å². The SMILES string of the molecule is C[C@]12CC/C(=N\OCC(=O)O)CC1[C@H](O)CC1C2CC[C@]2(C)C(=O)CCC12. The van der Waals surface area contributed by atoms with E-state index in [1.807, 2.05) is 0 Å². The molecule has 4 aliphatic carbocycles. The number of ketones is 1. The van der Waals surface area contributed by atoms with E-state index in [1.165, 1.54) is 0 Å². The van der Waals surface area contributed by atoms with Crippen molar-refractivity contribution in [3.05, 3.63) is 0 Å². The van der Waals surface area contributed by atoms with E-state index in [1.54, 1.807) is 0 Å². The lowest BCUT2D eigenvalue weighted by atomic mass is 9.44. The van der Waals surface area contributed by atoms with Crippen molar-refractivity contribution in [2.75, 3.05) is 6.61 Å². The van der Waals surface area contributed by atoms with Crippen molar-refractivity contribution in [1.82, 2.24) is 0 Å². The smallest absolute Gasteiger partial charge is 0.344 e. The van der Waals surface area contributed by atoms with Crippen molar-refractivity contribution in [2.45, 2.75) is 71.3 Å². The molecule has 4 aliphatic rings. The third-order valence-corrected chi connectivity index (χ3v) is 8.61. The normalized spacial score (nSPS) is 47.9. The van der Waals surface area contributed by atoms with Gasteiger partial charge in [0, 0.05) is 11.8 Å². The van der Waals surface area contributed by atoms with Crippen LogP contribution in [0.2, 0.25) is 0 Å². The van der Waals surface area contributed by atoms with Gasteiger partial charge in [0.15, 0.2) is 0 Å². The van der Waals surface area contributed by atoms with Crippen LogP contribution in [-0.4, -0.2) is 40.4 Å². The van der Waals surface area contributed by atoms with Crippen LogP contribution in [0.3, 0.4) is 0 Å². The number of oxime groups is 1. The molecule has 4 rings (SSSR count). The number of aliphatic hydroxyl groups excluding tert-OH is 1. The van der Waals surface area contributed by atoms with Gasteiger partial charge in [-0.25, -0.2) is 4.79 Å². The standard InChI is InChI=1S/C21H31NO5/c1-20-7-5-12(22-27-11-19(25)26)9-16(20)17(23)10-13-14-3-4-18(24)21(14,2)8-6-15(13)20/h13-17,23H,3-11H2,1-2H3,(H,25,26)/b22-12+/t13?,14?,15?,16?,17-,20-,21+/m1/s1. The van der Waals surface area contributed by atoms with E-state index in [-0.39, 0.29) is 22.9 Å². The molecule has 0 aliphatic heterocycles. The highest BCUT2D eigenvalue weighted by molar-refractivity contribution is 5.87. The van der Waals surface area contributed by atoms with Crippen LogP contribution in [-0.2, 0) is 14.4 Å². The molecule has 27 heavy (non-hydrogen) atoms. The molecule has 4 saturated carbocycles. The number of hydrogen-bond donors (Lipinski definition) is 2. The number of aliphatic hydroxyl groups is 1. The first kappa shape index (κ1) is 18.9. The molecule has 0 saturated heterocycles. The number of rotatable bonds is 3. The molecule has 7 atom stereocenters. The number of Topliss-reactive ketones (excluding diaryl/α,β-unsaturated/α-hetero) is 1. The summed E-state index contributed by atoms with van der Waals surface area (Å²) in [7, 11) is 0. The van der Waals surface area contributed by atoms with Gasteiger partial charge in [-0.15, -0.1) is 0 Å². The van der Waals surface area contributed by atoms with Gasteiger partial charge in [-0.05, 0) is 74.0 Å². The number of carboxylic acid groups (broad SMARTS) is 1. The summed E-state index contributed by atoms with van der Waals surface area (Å²) in [4.78, 5) is 28.1. The Balaban J connectivity index is 1.54. The Morgan fingerprint density at radius 3 is 2.70 bits per heavy atom. The third-order valence-electron chi connectivity index (χ3n) is 8.61. The number of carboxylic acids is 1. The predicted molar refractivity (Wildman–Crippen MR) is 99.1 cm³/mol. The minimum Gasteiger partial charge on any atom is -0.479 e. The highest BCUT2D eigenvalue weighted by Crippen LogP contribution is 2.65. The summed E-state index contributed by atoms with van der Waals surface area (Å²) in [6.45, 7) is 4.06. The molecule has 0 aromatic rings. The van der Waals surface area contributed by atoms with Crippen LogP contribution in [0.4, 0.5) is 0 Å². The molecule has 2 N–H and O–H groups in total. The molecule has 6 nitrogen and oxygen atoms in total. The van der Waals surface area contributed by atoms with Gasteiger partial charge in [0.1, 0.15) is 5.78 Å². The van der Waals surface area contributed by atoms with E-state index in [2.05, 4.69) is 19.0 Å². The van der Waals surface area contributed by atoms with Crippen molar-refractivity contribution in [2.24, 2.45) is 39.7 Å².